The summed E-state index contributed by atoms with van der Waals surface area (Å²) >= 11 is 0. The highest BCUT2D eigenvalue weighted by Crippen LogP contribution is 2.33. The summed E-state index contributed by atoms with van der Waals surface area (Å²) in [6, 6.07) is 10.7. The molecule has 0 amide bonds. The average molecular weight is 268 g/mol. The number of rotatable bonds is 3. The molecule has 1 saturated carbocycles. The van der Waals surface area contributed by atoms with Crippen LogP contribution in [0, 0.1) is 12.8 Å². The van der Waals surface area contributed by atoms with Crippen molar-refractivity contribution in [3.8, 4) is 0 Å². The number of hydrogen-bond acceptors (Lipinski definition) is 2. The van der Waals surface area contributed by atoms with Gasteiger partial charge in [-0.05, 0) is 37.0 Å². The lowest BCUT2D eigenvalue weighted by molar-refractivity contribution is 0.319. The molecular weight excluding hydrogens is 244 g/mol. The van der Waals surface area contributed by atoms with Gasteiger partial charge in [0.15, 0.2) is 0 Å². The van der Waals surface area contributed by atoms with Gasteiger partial charge in [-0.1, -0.05) is 50.3 Å². The van der Waals surface area contributed by atoms with Crippen LogP contribution in [0.5, 0.6) is 0 Å². The van der Waals surface area contributed by atoms with Crippen molar-refractivity contribution in [3.05, 3.63) is 41.6 Å². The van der Waals surface area contributed by atoms with Crippen molar-refractivity contribution < 1.29 is 0 Å². The lowest BCUT2D eigenvalue weighted by Crippen LogP contribution is -2.18. The lowest BCUT2D eigenvalue weighted by Gasteiger charge is -2.25. The van der Waals surface area contributed by atoms with Gasteiger partial charge in [-0.2, -0.15) is 0 Å². The van der Waals surface area contributed by atoms with E-state index in [1.807, 2.05) is 6.07 Å². The van der Waals surface area contributed by atoms with Crippen molar-refractivity contribution in [1.82, 2.24) is 4.98 Å². The fourth-order valence-corrected chi connectivity index (χ4v) is 3.56. The Morgan fingerprint density at radius 1 is 1.20 bits per heavy atom. The van der Waals surface area contributed by atoms with Crippen LogP contribution in [0.3, 0.4) is 0 Å². The minimum atomic E-state index is 0.143. The number of aromatic nitrogens is 1. The van der Waals surface area contributed by atoms with Crippen LogP contribution in [0.4, 0.5) is 0 Å². The molecule has 1 heterocycles. The second kappa shape index (κ2) is 5.92. The van der Waals surface area contributed by atoms with E-state index in [-0.39, 0.29) is 6.04 Å². The van der Waals surface area contributed by atoms with Crippen LogP contribution in [0.1, 0.15) is 55.8 Å². The van der Waals surface area contributed by atoms with Gasteiger partial charge >= 0.3 is 0 Å². The van der Waals surface area contributed by atoms with E-state index in [0.717, 1.165) is 23.5 Å². The molecule has 0 aliphatic heterocycles. The fraction of sp³-hybridized carbons (Fsp3) is 0.500. The molecule has 0 radical (unpaired) electrons. The molecule has 0 saturated heterocycles. The van der Waals surface area contributed by atoms with Gasteiger partial charge in [-0.15, -0.1) is 0 Å². The minimum Gasteiger partial charge on any atom is -0.324 e. The van der Waals surface area contributed by atoms with Crippen molar-refractivity contribution in [2.24, 2.45) is 11.7 Å². The molecule has 1 aliphatic carbocycles. The second-order valence-corrected chi connectivity index (χ2v) is 6.22. The zero-order valence-electron chi connectivity index (χ0n) is 12.3. The van der Waals surface area contributed by atoms with E-state index in [1.165, 1.54) is 43.1 Å². The smallest absolute Gasteiger partial charge is 0.0708 e. The number of nitrogens with two attached hydrogens (primary N) is 1. The van der Waals surface area contributed by atoms with E-state index >= 15 is 0 Å². The van der Waals surface area contributed by atoms with Crippen molar-refractivity contribution >= 4 is 10.9 Å². The summed E-state index contributed by atoms with van der Waals surface area (Å²) in [5, 5.41) is 1.22. The second-order valence-electron chi connectivity index (χ2n) is 6.22. The number of aryl methyl sites for hydroxylation is 1. The number of benzene rings is 1. The molecule has 1 aliphatic rings. The van der Waals surface area contributed by atoms with E-state index in [0.29, 0.717) is 0 Å². The molecule has 1 aromatic carbocycles. The van der Waals surface area contributed by atoms with E-state index in [4.69, 9.17) is 5.73 Å². The Morgan fingerprint density at radius 3 is 2.75 bits per heavy atom. The van der Waals surface area contributed by atoms with Crippen LogP contribution in [0.15, 0.2) is 30.3 Å². The summed E-state index contributed by atoms with van der Waals surface area (Å²) in [5.41, 5.74) is 9.95. The van der Waals surface area contributed by atoms with Gasteiger partial charge in [-0.25, -0.2) is 0 Å². The molecule has 2 N–H and O–H groups in total. The van der Waals surface area contributed by atoms with Crippen molar-refractivity contribution in [2.45, 2.75) is 51.5 Å². The van der Waals surface area contributed by atoms with Crippen molar-refractivity contribution in [3.63, 3.8) is 0 Å². The van der Waals surface area contributed by atoms with Gasteiger partial charge in [-0.3, -0.25) is 4.98 Å². The largest absolute Gasteiger partial charge is 0.324 e. The number of nitrogens with zero attached hydrogens (tertiary/aromatic N) is 1. The van der Waals surface area contributed by atoms with E-state index in [1.54, 1.807) is 0 Å². The highest BCUT2D eigenvalue weighted by atomic mass is 14.7. The first-order chi connectivity index (χ1) is 9.74. The molecule has 1 fully saturated rings. The molecule has 3 rings (SSSR count). The maximum absolute atomic E-state index is 6.53. The van der Waals surface area contributed by atoms with Gasteiger partial charge in [0, 0.05) is 17.1 Å². The SMILES string of the molecule is Cc1cc(C(N)CC2CCCCC2)c2ccccc2n1. The summed E-state index contributed by atoms with van der Waals surface area (Å²) < 4.78 is 0. The Kier molecular flexibility index (Phi) is 4.02. The summed E-state index contributed by atoms with van der Waals surface area (Å²) in [7, 11) is 0. The monoisotopic (exact) mass is 268 g/mol. The third-order valence-electron chi connectivity index (χ3n) is 4.59. The summed E-state index contributed by atoms with van der Waals surface area (Å²) in [6.45, 7) is 2.06. The predicted molar refractivity (Wildman–Crippen MR) is 84.6 cm³/mol. The quantitative estimate of drug-likeness (QED) is 0.889. The van der Waals surface area contributed by atoms with Crippen molar-refractivity contribution in [1.29, 1.82) is 0 Å². The number of pyridine rings is 1. The highest BCUT2D eigenvalue weighted by Gasteiger charge is 2.19. The number of para-hydroxylation sites is 1. The summed E-state index contributed by atoms with van der Waals surface area (Å²) in [5.74, 6) is 0.811. The van der Waals surface area contributed by atoms with Crippen LogP contribution in [0.2, 0.25) is 0 Å². The Labute approximate surface area is 121 Å². The summed E-state index contributed by atoms with van der Waals surface area (Å²) in [6.07, 6.45) is 8.00. The highest BCUT2D eigenvalue weighted by molar-refractivity contribution is 5.82. The Bertz CT molecular complexity index is 585. The molecule has 1 atom stereocenters. The Morgan fingerprint density at radius 2 is 1.95 bits per heavy atom. The lowest BCUT2D eigenvalue weighted by atomic mass is 9.83. The van der Waals surface area contributed by atoms with E-state index < -0.39 is 0 Å². The maximum atomic E-state index is 6.53. The molecule has 2 aromatic rings. The fourth-order valence-electron chi connectivity index (χ4n) is 3.56. The zero-order chi connectivity index (χ0) is 13.9. The zero-order valence-corrected chi connectivity index (χ0v) is 12.3. The standard InChI is InChI=1S/C18H24N2/c1-13-11-16(15-9-5-6-10-18(15)20-13)17(19)12-14-7-3-2-4-8-14/h5-6,9-11,14,17H,2-4,7-8,12,19H2,1H3. The topological polar surface area (TPSA) is 38.9 Å². The minimum absolute atomic E-state index is 0.143. The first kappa shape index (κ1) is 13.6. The first-order valence-electron chi connectivity index (χ1n) is 7.86. The van der Waals surface area contributed by atoms with Crippen molar-refractivity contribution in [2.75, 3.05) is 0 Å². The maximum Gasteiger partial charge on any atom is 0.0708 e. The number of hydrogen-bond donors (Lipinski definition) is 1. The molecule has 0 spiro atoms. The molecule has 1 aromatic heterocycles. The van der Waals surface area contributed by atoms with Crippen LogP contribution in [-0.4, -0.2) is 4.98 Å². The molecule has 2 nitrogen and oxygen atoms in total. The van der Waals surface area contributed by atoms with Crippen LogP contribution in [0.25, 0.3) is 10.9 Å². The normalized spacial score (nSPS) is 18.3. The average Bonchev–Trinajstić information content (AvgIpc) is 2.47. The third-order valence-corrected chi connectivity index (χ3v) is 4.59. The summed E-state index contributed by atoms with van der Waals surface area (Å²) in [4.78, 5) is 4.61. The molecule has 0 bridgehead atoms. The Balaban J connectivity index is 1.88. The van der Waals surface area contributed by atoms with Crippen LogP contribution in [-0.2, 0) is 0 Å². The van der Waals surface area contributed by atoms with Gasteiger partial charge in [0.1, 0.15) is 0 Å². The van der Waals surface area contributed by atoms with E-state index in [2.05, 4.69) is 36.2 Å². The van der Waals surface area contributed by atoms with Gasteiger partial charge in [0.05, 0.1) is 5.52 Å². The molecule has 106 valence electrons. The molecule has 1 unspecified atom stereocenters. The van der Waals surface area contributed by atoms with Crippen LogP contribution >= 0.6 is 0 Å². The van der Waals surface area contributed by atoms with Gasteiger partial charge in [0.2, 0.25) is 0 Å². The molecule has 2 heteroatoms. The molecule has 20 heavy (non-hydrogen) atoms. The third kappa shape index (κ3) is 2.85. The predicted octanol–water partition coefficient (Wildman–Crippen LogP) is 4.51. The first-order valence-corrected chi connectivity index (χ1v) is 7.86. The molecular formula is C18H24N2. The number of fused-ring (bicyclic) bond motifs is 1. The van der Waals surface area contributed by atoms with Gasteiger partial charge in [0.25, 0.3) is 0 Å². The van der Waals surface area contributed by atoms with Crippen LogP contribution < -0.4 is 5.73 Å². The van der Waals surface area contributed by atoms with E-state index in [9.17, 15) is 0 Å². The van der Waals surface area contributed by atoms with Gasteiger partial charge < -0.3 is 5.73 Å². The Hall–Kier alpha value is -1.41.